The van der Waals surface area contributed by atoms with E-state index in [4.69, 9.17) is 14.6 Å². The van der Waals surface area contributed by atoms with Gasteiger partial charge in [-0.1, -0.05) is 0 Å². The molecule has 0 spiro atoms. The largest absolute Gasteiger partial charge is 0.536 e. The number of aliphatic hydroxyl groups is 1. The molecule has 0 heterocycles. The van der Waals surface area contributed by atoms with Crippen molar-refractivity contribution in [2.45, 2.75) is 155 Å². The molecule has 0 bridgehead atoms. The van der Waals surface area contributed by atoms with Crippen molar-refractivity contribution in [3.05, 3.63) is 0 Å². The van der Waals surface area contributed by atoms with Gasteiger partial charge < -0.3 is 38.3 Å². The molecule has 0 saturated heterocycles. The first kappa shape index (κ1) is 111. The van der Waals surface area contributed by atoms with Gasteiger partial charge in [0.25, 0.3) is 0 Å². The Kier molecular flexibility index (Phi) is 39.2. The van der Waals surface area contributed by atoms with E-state index in [2.05, 4.69) is 23.7 Å². The Balaban J connectivity index is -0.000000311. The standard InChI is InChI=1S/C10F20O6.C10H11F9O6.C5F10O3.C5F9O3.C5H12O3.Y/c11-4(12,13)2(33-7(19,20)21,34-8(22,23)24)1(31)32-6(17,18)3(5(14,15)16,35-9(25,26)27)36-10(28,29)30;1-6(21-2,22-3)4-23-5(20)7(8(11,12)13,24-9(14,15)16)25-10(17,18)19;6-1(16)2(3(7,8)9,17-4(10,11)12)18-5(13,14)15;6-3(7,8)2(1-15,16-4(9,10)11)17-5(12,13)14;1-5(4-6,7-2)8-3;/h;4H2,1-3H3;;;6H,4H2,1-3H3;/q;;;-1;;. The fourth-order valence-electron chi connectivity index (χ4n) is 4.24. The normalized spacial score (nSPS) is 14.7. The summed E-state index contributed by atoms with van der Waals surface area (Å²) in [5.41, 5.74) is 0. The number of esters is 2. The third-order valence-corrected chi connectivity index (χ3v) is 8.47. The van der Waals surface area contributed by atoms with Gasteiger partial charge in [0, 0.05) is 61.1 Å². The van der Waals surface area contributed by atoms with Crippen LogP contribution in [0.3, 0.4) is 0 Å². The van der Waals surface area contributed by atoms with Crippen molar-refractivity contribution in [2.75, 3.05) is 41.7 Å². The third kappa shape index (κ3) is 38.6. The molecule has 0 aliphatic carbocycles. The average Bonchev–Trinajstić information content (AvgIpc) is 0.702. The summed E-state index contributed by atoms with van der Waals surface area (Å²) in [6.45, 7) is 1.18. The zero-order valence-corrected chi connectivity index (χ0v) is 51.1. The second-order valence-corrected chi connectivity index (χ2v) is 16.2. The Morgan fingerprint density at radius 1 is 0.314 bits per heavy atom. The zero-order chi connectivity index (χ0) is 85.7. The number of rotatable bonds is 23. The van der Waals surface area contributed by atoms with Crippen LogP contribution in [0.25, 0.3) is 0 Å². The minimum Gasteiger partial charge on any atom is -0.536 e. The van der Waals surface area contributed by atoms with Gasteiger partial charge >= 0.3 is 142 Å². The van der Waals surface area contributed by atoms with Crippen LogP contribution in [0.4, 0.5) is 211 Å². The minimum absolute atomic E-state index is 0. The van der Waals surface area contributed by atoms with E-state index in [9.17, 15) is 230 Å². The van der Waals surface area contributed by atoms with Crippen molar-refractivity contribution in [1.29, 1.82) is 0 Å². The molecule has 0 fully saturated rings. The Hall–Kier alpha value is -4.58. The number of carbonyl (C=O) groups is 3. The molecule has 0 atom stereocenters. The quantitative estimate of drug-likeness (QED) is 0.0329. The summed E-state index contributed by atoms with van der Waals surface area (Å²) in [7, 11) is 4.79. The van der Waals surface area contributed by atoms with Crippen LogP contribution in [0.2, 0.25) is 0 Å². The summed E-state index contributed by atoms with van der Waals surface area (Å²) in [5, 5.41) is 8.54. The Morgan fingerprint density at radius 3 is 0.686 bits per heavy atom. The maximum Gasteiger partial charge on any atom is 0.525 e. The molecule has 0 aliphatic heterocycles. The molecule has 629 valence electrons. The van der Waals surface area contributed by atoms with Crippen LogP contribution in [-0.4, -0.2) is 212 Å². The molecule has 70 heteroatoms. The van der Waals surface area contributed by atoms with Crippen LogP contribution < -0.4 is 0 Å². The summed E-state index contributed by atoms with van der Waals surface area (Å²) < 4.78 is 628. The summed E-state index contributed by atoms with van der Waals surface area (Å²) in [6, 6.07) is -4.16. The van der Waals surface area contributed by atoms with E-state index in [-0.39, 0.29) is 39.3 Å². The molecule has 21 nitrogen and oxygen atoms in total. The summed E-state index contributed by atoms with van der Waals surface area (Å²) in [4.78, 5) is 42.3. The zero-order valence-electron chi connectivity index (χ0n) is 48.2. The van der Waals surface area contributed by atoms with E-state index in [1.807, 2.05) is 18.9 Å². The monoisotopic (exact) mass is 1780 g/mol. The molecule has 0 saturated carbocycles. The number of hydrogen-bond donors (Lipinski definition) is 1. The summed E-state index contributed by atoms with van der Waals surface area (Å²) in [5.74, 6) is -43.9. The molecule has 0 aromatic heterocycles. The van der Waals surface area contributed by atoms with Crippen molar-refractivity contribution >= 4 is 24.3 Å². The van der Waals surface area contributed by atoms with Gasteiger partial charge in [0.05, 0.1) is 6.61 Å². The molecule has 0 amide bonds. The van der Waals surface area contributed by atoms with E-state index < -0.39 is 172 Å². The first-order valence-corrected chi connectivity index (χ1v) is 21.8. The van der Waals surface area contributed by atoms with Gasteiger partial charge in [-0.25, -0.2) is 47.5 Å². The van der Waals surface area contributed by atoms with Crippen LogP contribution >= 0.6 is 0 Å². The van der Waals surface area contributed by atoms with Crippen molar-refractivity contribution in [1.82, 2.24) is 0 Å². The number of aliphatic hydroxyl groups excluding tert-OH is 1. The molecule has 105 heavy (non-hydrogen) atoms. The molecule has 1 radical (unpaired) electrons. The van der Waals surface area contributed by atoms with Gasteiger partial charge in [0.2, 0.25) is 0 Å². The SMILES string of the molecule is COC(C)(CO)OC.COC(C)(COC(=O)C(OC(F)(F)F)(OC(F)(F)F)C(F)(F)F)OC.O=C(F)C(OC(F)(F)F)(OC(F)(F)F)C(F)(F)F.O=C(OC(F)(F)C(OC(F)(F)F)(OC(F)(F)F)C(F)(F)F)C(OC(F)(F)F)(OC(F)(F)F)C(F)(F)F.O=[C-]C(OC(F)(F)F)(OC(F)(F)F)C(F)(F)F.[Y]. The topological polar surface area (TPSA) is 236 Å². The second kappa shape index (κ2) is 37.0. The van der Waals surface area contributed by atoms with Crippen LogP contribution in [0.1, 0.15) is 13.8 Å². The van der Waals surface area contributed by atoms with Crippen LogP contribution in [0, 0.1) is 0 Å². The second-order valence-electron chi connectivity index (χ2n) is 16.2. The van der Waals surface area contributed by atoms with Gasteiger partial charge in [-0.15, -0.1) is 132 Å². The van der Waals surface area contributed by atoms with E-state index in [1.165, 1.54) is 23.7 Å². The van der Waals surface area contributed by atoms with Crippen molar-refractivity contribution in [2.24, 2.45) is 0 Å². The third-order valence-electron chi connectivity index (χ3n) is 8.47. The molecular weight excluding hydrogens is 1760 g/mol. The number of carbonyl (C=O) groups excluding carboxylic acids is 4. The molecule has 0 unspecified atom stereocenters. The summed E-state index contributed by atoms with van der Waals surface area (Å²) in [6.07, 6.45) is -111. The molecule has 0 aliphatic rings. The van der Waals surface area contributed by atoms with E-state index in [0.717, 1.165) is 21.1 Å². The van der Waals surface area contributed by atoms with Gasteiger partial charge in [0.1, 0.15) is 6.61 Å². The fraction of sp³-hybridized carbons (Fsp3) is 0.886. The number of ether oxygens (including phenoxy) is 16. The van der Waals surface area contributed by atoms with Crippen molar-refractivity contribution in [3.8, 4) is 0 Å². The van der Waals surface area contributed by atoms with Gasteiger partial charge in [-0.05, 0) is 13.8 Å². The average molecular weight is 1780 g/mol. The number of hydrogen-bond acceptors (Lipinski definition) is 21. The maximum absolute atomic E-state index is 13.9. The van der Waals surface area contributed by atoms with Crippen LogP contribution in [0.5, 0.6) is 0 Å². The molecule has 1 N–H and O–H groups in total. The van der Waals surface area contributed by atoms with Crippen LogP contribution in [0.15, 0.2) is 0 Å². The van der Waals surface area contributed by atoms with Gasteiger partial charge in [0.15, 0.2) is 17.4 Å². The summed E-state index contributed by atoms with van der Waals surface area (Å²) >= 11 is 0. The predicted octanol–water partition coefficient (Wildman–Crippen LogP) is 13.9. The number of methoxy groups -OCH3 is 4. The van der Waals surface area contributed by atoms with E-state index in [0.29, 0.717) is 0 Å². The molecule has 0 rings (SSSR count). The Labute approximate surface area is 564 Å². The fourth-order valence-corrected chi connectivity index (χ4v) is 4.24. The van der Waals surface area contributed by atoms with Crippen molar-refractivity contribution < 1.29 is 344 Å². The van der Waals surface area contributed by atoms with E-state index in [1.54, 1.807) is 21.1 Å². The Morgan fingerprint density at radius 2 is 0.533 bits per heavy atom. The number of halogens is 48. The first-order chi connectivity index (χ1) is 44.6. The molecular formula is C35H23F48O21Y-. The molecule has 0 aromatic rings. The van der Waals surface area contributed by atoms with Crippen molar-refractivity contribution in [3.63, 3.8) is 0 Å². The predicted molar refractivity (Wildman–Crippen MR) is 201 cm³/mol. The maximum atomic E-state index is 13.9. The smallest absolute Gasteiger partial charge is 0.525 e. The first-order valence-electron chi connectivity index (χ1n) is 21.8. The minimum atomic E-state index is -8.05. The van der Waals surface area contributed by atoms with E-state index >= 15 is 0 Å². The Bertz CT molecular complexity index is 2540. The van der Waals surface area contributed by atoms with Gasteiger partial charge in [-0.3, -0.25) is 14.3 Å². The number of alkyl halides is 47. The van der Waals surface area contributed by atoms with Crippen LogP contribution in [-0.2, 0) is 128 Å². The molecule has 0 aromatic carbocycles. The van der Waals surface area contributed by atoms with Gasteiger partial charge in [-0.2, -0.15) is 85.3 Å².